The molecule has 2 aliphatic heterocycles. The zero-order valence-electron chi connectivity index (χ0n) is 23.1. The van der Waals surface area contributed by atoms with Crippen molar-refractivity contribution in [2.75, 3.05) is 63.2 Å². The molecule has 1 fully saturated rings. The van der Waals surface area contributed by atoms with Crippen molar-refractivity contribution < 1.29 is 14.3 Å². The van der Waals surface area contributed by atoms with Gasteiger partial charge >= 0.3 is 6.09 Å². The maximum absolute atomic E-state index is 12.6. The second-order valence-corrected chi connectivity index (χ2v) is 10.9. The Labute approximate surface area is 225 Å². The van der Waals surface area contributed by atoms with E-state index in [1.807, 2.05) is 39.6 Å². The van der Waals surface area contributed by atoms with Crippen LogP contribution >= 0.6 is 11.6 Å². The minimum Gasteiger partial charge on any atom is -0.444 e. The van der Waals surface area contributed by atoms with Gasteiger partial charge in [0.15, 0.2) is 22.5 Å². The monoisotopic (exact) mass is 536 g/mol. The molecule has 3 rings (SSSR count). The van der Waals surface area contributed by atoms with Gasteiger partial charge in [0.2, 0.25) is 0 Å². The van der Waals surface area contributed by atoms with Gasteiger partial charge in [0, 0.05) is 71.5 Å². The average Bonchev–Trinajstić information content (AvgIpc) is 2.86. The molecule has 2 aliphatic rings. The van der Waals surface area contributed by atoms with Crippen molar-refractivity contribution in [3.05, 3.63) is 22.6 Å². The van der Waals surface area contributed by atoms with E-state index in [-0.39, 0.29) is 23.0 Å². The number of carbonyl (C=O) groups excluding carboxylic acids is 2. The molecule has 37 heavy (non-hydrogen) atoms. The third-order valence-corrected chi connectivity index (χ3v) is 6.89. The number of piperazine rings is 1. The van der Waals surface area contributed by atoms with E-state index in [1.165, 1.54) is 12.7 Å². The van der Waals surface area contributed by atoms with Crippen LogP contribution in [-0.4, -0.2) is 102 Å². The molecule has 0 spiro atoms. The second-order valence-electron chi connectivity index (χ2n) is 10.5. The van der Waals surface area contributed by atoms with Crippen molar-refractivity contribution in [2.45, 2.75) is 59.1 Å². The molecule has 3 heterocycles. The molecule has 11 nitrogen and oxygen atoms in total. The summed E-state index contributed by atoms with van der Waals surface area (Å²) in [6, 6.07) is 0.245. The van der Waals surface area contributed by atoms with Gasteiger partial charge < -0.3 is 24.3 Å². The van der Waals surface area contributed by atoms with E-state index in [1.54, 1.807) is 4.90 Å². The van der Waals surface area contributed by atoms with E-state index in [4.69, 9.17) is 27.2 Å². The first-order chi connectivity index (χ1) is 17.4. The molecule has 206 valence electrons. The first-order valence-electron chi connectivity index (χ1n) is 12.9. The highest BCUT2D eigenvalue weighted by atomic mass is 35.5. The molecule has 12 heteroatoms. The minimum atomic E-state index is -0.508. The lowest BCUT2D eigenvalue weighted by atomic mass is 10.1. The van der Waals surface area contributed by atoms with Gasteiger partial charge in [-0.1, -0.05) is 18.5 Å². The average molecular weight is 537 g/mol. The molecule has 1 saturated heterocycles. The number of rotatable bonds is 6. The topological polar surface area (TPSA) is 111 Å². The predicted molar refractivity (Wildman–Crippen MR) is 146 cm³/mol. The smallest absolute Gasteiger partial charge is 0.410 e. The van der Waals surface area contributed by atoms with Gasteiger partial charge in [-0.15, -0.1) is 0 Å². The zero-order chi connectivity index (χ0) is 27.5. The summed E-state index contributed by atoms with van der Waals surface area (Å²) in [5, 5.41) is 1.17. The Kier molecular flexibility index (Phi) is 9.12. The minimum absolute atomic E-state index is 0.135. The standard InChI is InChI=1S/C25H41ClN8O3/c1-8-17-16-33(22-20(26)28-19(23(35)31(7)27)21(29-22)30(6)9-2)14-15-34(17)18-10-12-32(13-11-18)24(36)37-25(3,4)5/h10,17H,8-9,11-16,27H2,1-7H3/t17-/m0/s1. The molecule has 2 amide bonds. The summed E-state index contributed by atoms with van der Waals surface area (Å²) in [5.74, 6) is 6.27. The first-order valence-corrected chi connectivity index (χ1v) is 13.2. The third-order valence-electron chi connectivity index (χ3n) is 6.64. The number of anilines is 2. The van der Waals surface area contributed by atoms with E-state index in [0.717, 1.165) is 30.9 Å². The molecule has 2 N–H and O–H groups in total. The van der Waals surface area contributed by atoms with Crippen molar-refractivity contribution in [3.63, 3.8) is 0 Å². The Bertz CT molecular complexity index is 1030. The molecule has 0 bridgehead atoms. The van der Waals surface area contributed by atoms with Crippen molar-refractivity contribution in [2.24, 2.45) is 5.84 Å². The van der Waals surface area contributed by atoms with Crippen LogP contribution in [-0.2, 0) is 4.74 Å². The lowest BCUT2D eigenvalue weighted by Crippen LogP contribution is -2.54. The van der Waals surface area contributed by atoms with Gasteiger partial charge in [-0.2, -0.15) is 0 Å². The van der Waals surface area contributed by atoms with Gasteiger partial charge in [0.1, 0.15) is 5.60 Å². The number of carbonyl (C=O) groups is 2. The largest absolute Gasteiger partial charge is 0.444 e. The van der Waals surface area contributed by atoms with E-state index in [2.05, 4.69) is 27.8 Å². The quantitative estimate of drug-likeness (QED) is 0.333. The molecular weight excluding hydrogens is 496 g/mol. The maximum atomic E-state index is 12.6. The summed E-state index contributed by atoms with van der Waals surface area (Å²) in [5.41, 5.74) is 0.879. The molecule has 0 aromatic carbocycles. The van der Waals surface area contributed by atoms with E-state index in [0.29, 0.717) is 37.8 Å². The maximum Gasteiger partial charge on any atom is 0.410 e. The van der Waals surface area contributed by atoms with Gasteiger partial charge in [-0.05, 0) is 40.2 Å². The molecule has 0 radical (unpaired) electrons. The van der Waals surface area contributed by atoms with Crippen molar-refractivity contribution >= 4 is 35.2 Å². The lowest BCUT2D eigenvalue weighted by Gasteiger charge is -2.45. The Morgan fingerprint density at radius 2 is 1.89 bits per heavy atom. The van der Waals surface area contributed by atoms with Crippen LogP contribution in [0, 0.1) is 0 Å². The number of hydrazine groups is 1. The Balaban J connectivity index is 1.77. The number of nitrogens with two attached hydrogens (primary N) is 1. The van der Waals surface area contributed by atoms with Crippen LogP contribution < -0.4 is 15.6 Å². The summed E-state index contributed by atoms with van der Waals surface area (Å²) in [6.45, 7) is 13.8. The highest BCUT2D eigenvalue weighted by Crippen LogP contribution is 2.31. The van der Waals surface area contributed by atoms with Crippen LogP contribution in [0.15, 0.2) is 11.8 Å². The predicted octanol–water partition coefficient (Wildman–Crippen LogP) is 2.96. The third kappa shape index (κ3) is 6.75. The number of ether oxygens (including phenoxy) is 1. The van der Waals surface area contributed by atoms with Crippen LogP contribution in [0.25, 0.3) is 0 Å². The molecule has 0 unspecified atom stereocenters. The van der Waals surface area contributed by atoms with Gasteiger partial charge in [0.05, 0.1) is 0 Å². The van der Waals surface area contributed by atoms with Crippen molar-refractivity contribution in [3.8, 4) is 0 Å². The SMILES string of the molecule is CC[C@H]1CN(c2nc(N(C)CC)c(C(=O)N(C)N)nc2Cl)CCN1C1=CCN(C(=O)OC(C)(C)C)CC1. The number of amides is 2. The van der Waals surface area contributed by atoms with Crippen LogP contribution in [0.3, 0.4) is 0 Å². The fourth-order valence-corrected chi connectivity index (χ4v) is 4.76. The number of aromatic nitrogens is 2. The van der Waals surface area contributed by atoms with E-state index >= 15 is 0 Å². The fraction of sp³-hybridized carbons (Fsp3) is 0.680. The van der Waals surface area contributed by atoms with Gasteiger partial charge in [0.25, 0.3) is 5.91 Å². The Morgan fingerprint density at radius 3 is 2.43 bits per heavy atom. The number of halogens is 1. The second kappa shape index (κ2) is 11.7. The highest BCUT2D eigenvalue weighted by molar-refractivity contribution is 6.32. The first kappa shape index (κ1) is 28.8. The molecular formula is C25H41ClN8O3. The summed E-state index contributed by atoms with van der Waals surface area (Å²) >= 11 is 6.58. The number of nitrogens with zero attached hydrogens (tertiary/aromatic N) is 7. The van der Waals surface area contributed by atoms with Gasteiger partial charge in [-0.3, -0.25) is 9.80 Å². The van der Waals surface area contributed by atoms with E-state index < -0.39 is 11.5 Å². The number of hydrogen-bond donors (Lipinski definition) is 1. The van der Waals surface area contributed by atoms with Crippen LogP contribution in [0.4, 0.5) is 16.4 Å². The molecule has 1 aromatic rings. The molecule has 0 saturated carbocycles. The summed E-state index contributed by atoms with van der Waals surface area (Å²) in [7, 11) is 3.33. The Morgan fingerprint density at radius 1 is 1.19 bits per heavy atom. The van der Waals surface area contributed by atoms with Crippen LogP contribution in [0.1, 0.15) is 57.9 Å². The summed E-state index contributed by atoms with van der Waals surface area (Å²) < 4.78 is 5.52. The summed E-state index contributed by atoms with van der Waals surface area (Å²) in [6.07, 6.45) is 3.58. The van der Waals surface area contributed by atoms with Crippen LogP contribution in [0.5, 0.6) is 0 Å². The zero-order valence-corrected chi connectivity index (χ0v) is 23.9. The molecule has 1 atom stereocenters. The fourth-order valence-electron chi connectivity index (χ4n) is 4.51. The normalized spacial score (nSPS) is 18.5. The van der Waals surface area contributed by atoms with Crippen LogP contribution in [0.2, 0.25) is 5.15 Å². The lowest BCUT2D eigenvalue weighted by molar-refractivity contribution is 0.0256. The summed E-state index contributed by atoms with van der Waals surface area (Å²) in [4.78, 5) is 42.5. The van der Waals surface area contributed by atoms with Crippen molar-refractivity contribution in [1.29, 1.82) is 0 Å². The molecule has 0 aliphatic carbocycles. The number of hydrogen-bond acceptors (Lipinski definition) is 9. The van der Waals surface area contributed by atoms with Crippen molar-refractivity contribution in [1.82, 2.24) is 24.8 Å². The molecule has 1 aromatic heterocycles. The Hall–Kier alpha value is -2.79. The van der Waals surface area contributed by atoms with E-state index in [9.17, 15) is 9.59 Å². The highest BCUT2D eigenvalue weighted by Gasteiger charge is 2.33. The van der Waals surface area contributed by atoms with Gasteiger partial charge in [-0.25, -0.2) is 20.6 Å².